The highest BCUT2D eigenvalue weighted by atomic mass is 16.7. The van der Waals surface area contributed by atoms with Crippen molar-refractivity contribution in [1.29, 1.82) is 0 Å². The van der Waals surface area contributed by atoms with Crippen LogP contribution in [0.2, 0.25) is 0 Å². The van der Waals surface area contributed by atoms with Gasteiger partial charge in [0.05, 0.1) is 6.61 Å². The highest BCUT2D eigenvalue weighted by Crippen LogP contribution is 2.21. The Kier molecular flexibility index (Phi) is 6.07. The van der Waals surface area contributed by atoms with Crippen LogP contribution < -0.4 is 0 Å². The Morgan fingerprint density at radius 1 is 1.26 bits per heavy atom. The Morgan fingerprint density at radius 3 is 2.42 bits per heavy atom. The molecule has 0 bridgehead atoms. The van der Waals surface area contributed by atoms with Crippen molar-refractivity contribution in [1.82, 2.24) is 0 Å². The summed E-state index contributed by atoms with van der Waals surface area (Å²) in [5, 5.41) is 46.2. The number of methoxy groups -OCH3 is 1. The average molecular weight is 282 g/mol. The van der Waals surface area contributed by atoms with Gasteiger partial charge in [-0.25, -0.2) is 4.79 Å². The standard InChI is InChI=1S/C10H18O9/c1-17-10-8(15)7(14)6(13)5(19-10)3-18-9(16)4(12)2-11/h4-8,10-15H,2-3H2,1H3/t4-,5-,6-,7+,8+,10+/m1/s1. The number of carbonyl (C=O) groups excluding carboxylic acids is 1. The maximum atomic E-state index is 11.1. The summed E-state index contributed by atoms with van der Waals surface area (Å²) in [6.07, 6.45) is -8.43. The third-order valence-corrected chi connectivity index (χ3v) is 2.74. The molecule has 9 nitrogen and oxygen atoms in total. The number of hydrogen-bond donors (Lipinski definition) is 5. The fourth-order valence-electron chi connectivity index (χ4n) is 1.58. The zero-order valence-electron chi connectivity index (χ0n) is 10.2. The van der Waals surface area contributed by atoms with Crippen LogP contribution in [0.3, 0.4) is 0 Å². The smallest absolute Gasteiger partial charge is 0.337 e. The molecule has 0 aromatic rings. The van der Waals surface area contributed by atoms with Crippen LogP contribution in [-0.4, -0.2) is 88.6 Å². The van der Waals surface area contributed by atoms with Gasteiger partial charge in [0.1, 0.15) is 31.0 Å². The molecule has 0 aromatic carbocycles. The Labute approximate surface area is 108 Å². The zero-order chi connectivity index (χ0) is 14.6. The van der Waals surface area contributed by atoms with Gasteiger partial charge in [0.25, 0.3) is 0 Å². The Balaban J connectivity index is 2.55. The molecule has 6 atom stereocenters. The van der Waals surface area contributed by atoms with Gasteiger partial charge in [-0.3, -0.25) is 0 Å². The molecule has 0 radical (unpaired) electrons. The SMILES string of the molecule is CO[C@H]1O[C@H](COC(=O)[C@H](O)CO)[C@@H](O)[C@H](O)[C@@H]1O. The number of aliphatic hydroxyl groups excluding tert-OH is 5. The minimum absolute atomic E-state index is 0.472. The van der Waals surface area contributed by atoms with Crippen molar-refractivity contribution in [3.63, 3.8) is 0 Å². The minimum Gasteiger partial charge on any atom is -0.461 e. The quantitative estimate of drug-likeness (QED) is 0.322. The van der Waals surface area contributed by atoms with E-state index in [1.165, 1.54) is 7.11 Å². The molecule has 0 spiro atoms. The summed E-state index contributed by atoms with van der Waals surface area (Å²) in [6.45, 7) is -1.27. The molecule has 19 heavy (non-hydrogen) atoms. The molecule has 1 heterocycles. The Bertz CT molecular complexity index is 295. The monoisotopic (exact) mass is 282 g/mol. The van der Waals surface area contributed by atoms with Crippen LogP contribution in [0.4, 0.5) is 0 Å². The van der Waals surface area contributed by atoms with Crippen LogP contribution in [0, 0.1) is 0 Å². The second-order valence-corrected chi connectivity index (χ2v) is 4.08. The zero-order valence-corrected chi connectivity index (χ0v) is 10.2. The number of rotatable bonds is 5. The first-order valence-electron chi connectivity index (χ1n) is 5.60. The molecule has 1 fully saturated rings. The number of carbonyl (C=O) groups is 1. The van der Waals surface area contributed by atoms with Crippen molar-refractivity contribution >= 4 is 5.97 Å². The Hall–Kier alpha value is -0.810. The molecule has 0 saturated carbocycles. The lowest BCUT2D eigenvalue weighted by atomic mass is 9.99. The van der Waals surface area contributed by atoms with E-state index in [1.54, 1.807) is 0 Å². The fraction of sp³-hybridized carbons (Fsp3) is 0.900. The number of esters is 1. The summed E-state index contributed by atoms with van der Waals surface area (Å²) in [7, 11) is 1.23. The molecular weight excluding hydrogens is 264 g/mol. The predicted molar refractivity (Wildman–Crippen MR) is 57.7 cm³/mol. The summed E-state index contributed by atoms with van der Waals surface area (Å²) >= 11 is 0. The van der Waals surface area contributed by atoms with E-state index in [9.17, 15) is 20.1 Å². The van der Waals surface area contributed by atoms with E-state index >= 15 is 0 Å². The van der Waals surface area contributed by atoms with E-state index in [1.807, 2.05) is 0 Å². The molecule has 1 saturated heterocycles. The van der Waals surface area contributed by atoms with Crippen LogP contribution >= 0.6 is 0 Å². The second kappa shape index (κ2) is 7.10. The maximum absolute atomic E-state index is 11.1. The van der Waals surface area contributed by atoms with Crippen LogP contribution in [0.15, 0.2) is 0 Å². The summed E-state index contributed by atoms with van der Waals surface area (Å²) < 4.78 is 14.4. The molecule has 1 rings (SSSR count). The molecule has 112 valence electrons. The van der Waals surface area contributed by atoms with Gasteiger partial charge >= 0.3 is 5.97 Å². The van der Waals surface area contributed by atoms with Gasteiger partial charge in [-0.15, -0.1) is 0 Å². The van der Waals surface area contributed by atoms with E-state index < -0.39 is 56.0 Å². The lowest BCUT2D eigenvalue weighted by molar-refractivity contribution is -0.295. The third-order valence-electron chi connectivity index (χ3n) is 2.74. The summed E-state index contributed by atoms with van der Waals surface area (Å²) in [5.41, 5.74) is 0. The minimum atomic E-state index is -1.69. The fourth-order valence-corrected chi connectivity index (χ4v) is 1.58. The van der Waals surface area contributed by atoms with Crippen molar-refractivity contribution < 1.29 is 44.5 Å². The van der Waals surface area contributed by atoms with Crippen LogP contribution in [0.5, 0.6) is 0 Å². The van der Waals surface area contributed by atoms with E-state index in [4.69, 9.17) is 19.7 Å². The highest BCUT2D eigenvalue weighted by molar-refractivity contribution is 5.74. The molecular formula is C10H18O9. The number of hydrogen-bond acceptors (Lipinski definition) is 9. The highest BCUT2D eigenvalue weighted by Gasteiger charge is 2.44. The van der Waals surface area contributed by atoms with E-state index in [0.717, 1.165) is 0 Å². The number of aliphatic hydroxyl groups is 5. The van der Waals surface area contributed by atoms with Gasteiger partial charge in [-0.05, 0) is 0 Å². The van der Waals surface area contributed by atoms with Crippen LogP contribution in [0.25, 0.3) is 0 Å². The molecule has 5 N–H and O–H groups in total. The average Bonchev–Trinajstić information content (AvgIpc) is 2.42. The van der Waals surface area contributed by atoms with E-state index in [0.29, 0.717) is 0 Å². The molecule has 0 amide bonds. The van der Waals surface area contributed by atoms with Crippen LogP contribution in [0.1, 0.15) is 0 Å². The third kappa shape index (κ3) is 3.83. The maximum Gasteiger partial charge on any atom is 0.337 e. The van der Waals surface area contributed by atoms with E-state index in [-0.39, 0.29) is 0 Å². The second-order valence-electron chi connectivity index (χ2n) is 4.08. The molecule has 0 aromatic heterocycles. The Morgan fingerprint density at radius 2 is 1.89 bits per heavy atom. The van der Waals surface area contributed by atoms with Crippen molar-refractivity contribution in [2.45, 2.75) is 36.8 Å². The van der Waals surface area contributed by atoms with Gasteiger partial charge in [0.2, 0.25) is 0 Å². The lowest BCUT2D eigenvalue weighted by Gasteiger charge is -2.39. The lowest BCUT2D eigenvalue weighted by Crippen LogP contribution is -2.59. The normalized spacial score (nSPS) is 36.8. The molecule has 9 heteroatoms. The molecule has 0 aliphatic carbocycles. The predicted octanol–water partition coefficient (Wildman–Crippen LogP) is -3.66. The molecule has 1 aliphatic rings. The van der Waals surface area contributed by atoms with Crippen molar-refractivity contribution in [3.8, 4) is 0 Å². The van der Waals surface area contributed by atoms with Gasteiger partial charge in [-0.1, -0.05) is 0 Å². The molecule has 1 aliphatic heterocycles. The number of ether oxygens (including phenoxy) is 3. The van der Waals surface area contributed by atoms with Gasteiger partial charge < -0.3 is 39.7 Å². The largest absolute Gasteiger partial charge is 0.461 e. The summed E-state index contributed by atoms with van der Waals surface area (Å²) in [5.74, 6) is -1.09. The van der Waals surface area contributed by atoms with Crippen molar-refractivity contribution in [2.24, 2.45) is 0 Å². The van der Waals surface area contributed by atoms with Crippen molar-refractivity contribution in [2.75, 3.05) is 20.3 Å². The van der Waals surface area contributed by atoms with Gasteiger partial charge in [-0.2, -0.15) is 0 Å². The van der Waals surface area contributed by atoms with E-state index in [2.05, 4.69) is 4.74 Å². The van der Waals surface area contributed by atoms with Gasteiger partial charge in [0.15, 0.2) is 12.4 Å². The van der Waals surface area contributed by atoms with Gasteiger partial charge in [0, 0.05) is 7.11 Å². The first-order chi connectivity index (χ1) is 8.92. The summed E-state index contributed by atoms with van der Waals surface area (Å²) in [4.78, 5) is 11.1. The molecule has 0 unspecified atom stereocenters. The topological polar surface area (TPSA) is 146 Å². The van der Waals surface area contributed by atoms with Crippen molar-refractivity contribution in [3.05, 3.63) is 0 Å². The summed E-state index contributed by atoms with van der Waals surface area (Å²) in [6, 6.07) is 0. The first kappa shape index (κ1) is 16.2. The van der Waals surface area contributed by atoms with Crippen LogP contribution in [-0.2, 0) is 19.0 Å². The first-order valence-corrected chi connectivity index (χ1v) is 5.60.